The van der Waals surface area contributed by atoms with E-state index in [1.54, 1.807) is 19.1 Å². The molecule has 8 heteroatoms. The van der Waals surface area contributed by atoms with Crippen LogP contribution in [0.15, 0.2) is 47.4 Å². The van der Waals surface area contributed by atoms with Gasteiger partial charge in [0.15, 0.2) is 0 Å². The number of carbonyl (C=O) groups excluding carboxylic acids is 1. The van der Waals surface area contributed by atoms with Crippen LogP contribution in [0.25, 0.3) is 0 Å². The summed E-state index contributed by atoms with van der Waals surface area (Å²) in [5, 5.41) is 3.06. The first-order chi connectivity index (χ1) is 14.7. The number of hydrogen-bond donors (Lipinski definition) is 1. The van der Waals surface area contributed by atoms with Crippen molar-refractivity contribution in [3.05, 3.63) is 58.6 Å². The molecule has 0 saturated carbocycles. The van der Waals surface area contributed by atoms with Gasteiger partial charge in [0.1, 0.15) is 4.90 Å². The molecule has 1 amide bonds. The summed E-state index contributed by atoms with van der Waals surface area (Å²) in [6, 6.07) is 12.9. The molecule has 0 bridgehead atoms. The van der Waals surface area contributed by atoms with Crippen LogP contribution in [0, 0.1) is 6.92 Å². The van der Waals surface area contributed by atoms with Crippen LogP contribution in [-0.2, 0) is 14.8 Å². The quantitative estimate of drug-likeness (QED) is 0.670. The third-order valence-corrected chi connectivity index (χ3v) is 8.40. The molecule has 1 heterocycles. The summed E-state index contributed by atoms with van der Waals surface area (Å²) >= 11 is 6.18. The molecule has 0 spiro atoms. The van der Waals surface area contributed by atoms with Crippen LogP contribution in [0.4, 0.5) is 5.69 Å². The monoisotopic (exact) mass is 463 g/mol. The molecule has 31 heavy (non-hydrogen) atoms. The number of halogens is 1. The molecule has 0 aliphatic carbocycles. The number of benzene rings is 2. The van der Waals surface area contributed by atoms with Crippen molar-refractivity contribution in [2.45, 2.75) is 37.0 Å². The third-order valence-electron chi connectivity index (χ3n) is 5.88. The summed E-state index contributed by atoms with van der Waals surface area (Å²) in [7, 11) is -0.163. The number of aryl methyl sites for hydroxylation is 1. The van der Waals surface area contributed by atoms with Crippen LogP contribution in [0.5, 0.6) is 0 Å². The molecule has 6 nitrogen and oxygen atoms in total. The minimum atomic E-state index is -3.76. The number of piperidine rings is 1. The van der Waals surface area contributed by atoms with Gasteiger partial charge in [-0.3, -0.25) is 4.79 Å². The lowest BCUT2D eigenvalue weighted by Gasteiger charge is -2.29. The SMILES string of the molecule is Cc1cccc(S(=O)(=O)N(C)CCC(=O)Nc2ccc(C3CCN(C)CC3)cc2)c1Cl. The van der Waals surface area contributed by atoms with Crippen LogP contribution in [-0.4, -0.2) is 57.3 Å². The first-order valence-corrected chi connectivity index (χ1v) is 12.3. The summed E-state index contributed by atoms with van der Waals surface area (Å²) < 4.78 is 26.7. The van der Waals surface area contributed by atoms with E-state index in [9.17, 15) is 13.2 Å². The molecule has 2 aromatic carbocycles. The van der Waals surface area contributed by atoms with Gasteiger partial charge in [-0.15, -0.1) is 0 Å². The number of likely N-dealkylation sites (tertiary alicyclic amines) is 1. The van der Waals surface area contributed by atoms with Gasteiger partial charge in [0.05, 0.1) is 5.02 Å². The minimum absolute atomic E-state index is 0.0515. The molecule has 3 rings (SSSR count). The minimum Gasteiger partial charge on any atom is -0.326 e. The second-order valence-corrected chi connectivity index (χ2v) is 10.6. The maximum absolute atomic E-state index is 12.8. The zero-order chi connectivity index (χ0) is 22.6. The number of nitrogens with one attached hydrogen (secondary N) is 1. The highest BCUT2D eigenvalue weighted by Crippen LogP contribution is 2.29. The topological polar surface area (TPSA) is 69.7 Å². The van der Waals surface area contributed by atoms with Gasteiger partial charge in [0.25, 0.3) is 0 Å². The van der Waals surface area contributed by atoms with Crippen molar-refractivity contribution in [3.63, 3.8) is 0 Å². The normalized spacial score (nSPS) is 15.9. The van der Waals surface area contributed by atoms with Gasteiger partial charge in [-0.2, -0.15) is 0 Å². The van der Waals surface area contributed by atoms with E-state index in [1.807, 2.05) is 12.1 Å². The van der Waals surface area contributed by atoms with Gasteiger partial charge in [0.2, 0.25) is 15.9 Å². The summed E-state index contributed by atoms with van der Waals surface area (Å²) in [6.45, 7) is 4.03. The van der Waals surface area contributed by atoms with Crippen molar-refractivity contribution in [1.29, 1.82) is 0 Å². The van der Waals surface area contributed by atoms with Gasteiger partial charge < -0.3 is 10.2 Å². The number of amides is 1. The van der Waals surface area contributed by atoms with Crippen molar-refractivity contribution in [3.8, 4) is 0 Å². The summed E-state index contributed by atoms with van der Waals surface area (Å²) in [5.74, 6) is 0.331. The van der Waals surface area contributed by atoms with Gasteiger partial charge in [-0.25, -0.2) is 12.7 Å². The summed E-state index contributed by atoms with van der Waals surface area (Å²) in [6.07, 6.45) is 2.35. The van der Waals surface area contributed by atoms with E-state index in [0.29, 0.717) is 17.2 Å². The molecule has 0 aromatic heterocycles. The molecule has 1 fully saturated rings. The number of hydrogen-bond acceptors (Lipinski definition) is 4. The van der Waals surface area contributed by atoms with Gasteiger partial charge in [-0.05, 0) is 75.1 Å². The Morgan fingerprint density at radius 2 is 1.81 bits per heavy atom. The smallest absolute Gasteiger partial charge is 0.244 e. The second-order valence-electron chi connectivity index (χ2n) is 8.21. The van der Waals surface area contributed by atoms with E-state index >= 15 is 0 Å². The summed E-state index contributed by atoms with van der Waals surface area (Å²) in [4.78, 5) is 14.8. The van der Waals surface area contributed by atoms with E-state index in [1.165, 1.54) is 18.7 Å². The van der Waals surface area contributed by atoms with Crippen molar-refractivity contribution >= 4 is 33.2 Å². The average molecular weight is 464 g/mol. The lowest BCUT2D eigenvalue weighted by Crippen LogP contribution is -2.30. The highest BCUT2D eigenvalue weighted by Gasteiger charge is 2.24. The highest BCUT2D eigenvalue weighted by molar-refractivity contribution is 7.89. The van der Waals surface area contributed by atoms with Crippen molar-refractivity contribution < 1.29 is 13.2 Å². The Balaban J connectivity index is 1.54. The van der Waals surface area contributed by atoms with Crippen molar-refractivity contribution in [2.75, 3.05) is 39.0 Å². The zero-order valence-electron chi connectivity index (χ0n) is 18.3. The largest absolute Gasteiger partial charge is 0.326 e. The van der Waals surface area contributed by atoms with Gasteiger partial charge >= 0.3 is 0 Å². The Bertz CT molecular complexity index is 1020. The predicted octanol–water partition coefficient (Wildman–Crippen LogP) is 4.11. The fraction of sp³-hybridized carbons (Fsp3) is 0.435. The van der Waals surface area contributed by atoms with Crippen molar-refractivity contribution in [1.82, 2.24) is 9.21 Å². The zero-order valence-corrected chi connectivity index (χ0v) is 19.8. The molecule has 168 valence electrons. The molecule has 0 unspecified atom stereocenters. The molecular weight excluding hydrogens is 434 g/mol. The van der Waals surface area contributed by atoms with E-state index in [-0.39, 0.29) is 28.8 Å². The fourth-order valence-corrected chi connectivity index (χ4v) is 5.49. The second kappa shape index (κ2) is 10.1. The molecule has 2 aromatic rings. The Labute approximate surface area is 190 Å². The lowest BCUT2D eigenvalue weighted by molar-refractivity contribution is -0.116. The first-order valence-electron chi connectivity index (χ1n) is 10.5. The molecule has 1 aliphatic heterocycles. The van der Waals surface area contributed by atoms with Gasteiger partial charge in [-0.1, -0.05) is 35.9 Å². The van der Waals surface area contributed by atoms with E-state index in [0.717, 1.165) is 30.2 Å². The number of nitrogens with zero attached hydrogens (tertiary/aromatic N) is 2. The maximum Gasteiger partial charge on any atom is 0.244 e. The van der Waals surface area contributed by atoms with Crippen LogP contribution in [0.1, 0.15) is 36.3 Å². The van der Waals surface area contributed by atoms with Crippen LogP contribution >= 0.6 is 11.6 Å². The number of carbonyl (C=O) groups is 1. The first kappa shape index (κ1) is 23.7. The van der Waals surface area contributed by atoms with Crippen molar-refractivity contribution in [2.24, 2.45) is 0 Å². The van der Waals surface area contributed by atoms with E-state index in [2.05, 4.69) is 29.4 Å². The number of anilines is 1. The standard InChI is InChI=1S/C23H30ClN3O3S/c1-17-5-4-6-21(23(17)24)31(29,30)27(3)16-13-22(28)25-20-9-7-18(8-10-20)19-11-14-26(2)15-12-19/h4-10,19H,11-16H2,1-3H3,(H,25,28). The molecule has 0 radical (unpaired) electrons. The van der Waals surface area contributed by atoms with Crippen LogP contribution in [0.3, 0.4) is 0 Å². The Morgan fingerprint density at radius 3 is 2.45 bits per heavy atom. The lowest BCUT2D eigenvalue weighted by atomic mass is 9.89. The Kier molecular flexibility index (Phi) is 7.75. The Morgan fingerprint density at radius 1 is 1.16 bits per heavy atom. The fourth-order valence-electron chi connectivity index (χ4n) is 3.77. The van der Waals surface area contributed by atoms with Gasteiger partial charge in [0, 0.05) is 25.7 Å². The third kappa shape index (κ3) is 5.86. The molecule has 1 N–H and O–H groups in total. The average Bonchev–Trinajstić information content (AvgIpc) is 2.75. The van der Waals surface area contributed by atoms with Crippen LogP contribution < -0.4 is 5.32 Å². The van der Waals surface area contributed by atoms with E-state index < -0.39 is 10.0 Å². The van der Waals surface area contributed by atoms with Crippen LogP contribution in [0.2, 0.25) is 5.02 Å². The maximum atomic E-state index is 12.8. The Hall–Kier alpha value is -1.93. The molecule has 0 atom stereocenters. The summed E-state index contributed by atoms with van der Waals surface area (Å²) in [5.41, 5.74) is 2.71. The molecule has 1 saturated heterocycles. The number of rotatable bonds is 7. The molecular formula is C23H30ClN3O3S. The van der Waals surface area contributed by atoms with E-state index in [4.69, 9.17) is 11.6 Å². The highest BCUT2D eigenvalue weighted by atomic mass is 35.5. The number of sulfonamides is 1. The predicted molar refractivity (Wildman–Crippen MR) is 125 cm³/mol. The molecule has 1 aliphatic rings.